The van der Waals surface area contributed by atoms with Crippen LogP contribution in [0.2, 0.25) is 0 Å². The molecule has 0 spiro atoms. The lowest BCUT2D eigenvalue weighted by Crippen LogP contribution is -2.32. The summed E-state index contributed by atoms with van der Waals surface area (Å²) < 4.78 is 0. The molecule has 3 nitrogen and oxygen atoms in total. The molecule has 1 aromatic rings. The van der Waals surface area contributed by atoms with Gasteiger partial charge in [0, 0.05) is 23.1 Å². The third-order valence-electron chi connectivity index (χ3n) is 2.54. The first-order valence-corrected chi connectivity index (χ1v) is 6.42. The highest BCUT2D eigenvalue weighted by molar-refractivity contribution is 7.99. The third kappa shape index (κ3) is 2.57. The van der Waals surface area contributed by atoms with Crippen molar-refractivity contribution in [2.75, 3.05) is 5.75 Å². The van der Waals surface area contributed by atoms with E-state index >= 15 is 0 Å². The largest absolute Gasteiger partial charge is 0.348 e. The van der Waals surface area contributed by atoms with Gasteiger partial charge in [0.25, 0.3) is 0 Å². The average molecular weight is 236 g/mol. The van der Waals surface area contributed by atoms with Crippen LogP contribution < -0.4 is 11.1 Å². The highest BCUT2D eigenvalue weighted by Gasteiger charge is 2.23. The van der Waals surface area contributed by atoms with Crippen molar-refractivity contribution < 1.29 is 4.79 Å². The molecule has 0 bridgehead atoms. The molecule has 1 heterocycles. The predicted molar refractivity (Wildman–Crippen MR) is 66.3 cm³/mol. The summed E-state index contributed by atoms with van der Waals surface area (Å²) in [5.41, 5.74) is 6.82. The normalized spacial score (nSPS) is 20.2. The molecule has 0 saturated carbocycles. The number of amides is 1. The van der Waals surface area contributed by atoms with Gasteiger partial charge in [0.2, 0.25) is 5.91 Å². The average Bonchev–Trinajstić information content (AvgIpc) is 2.61. The van der Waals surface area contributed by atoms with Gasteiger partial charge in [-0.1, -0.05) is 18.2 Å². The lowest BCUT2D eigenvalue weighted by molar-refractivity contribution is -0.121. The maximum absolute atomic E-state index is 11.6. The molecule has 2 rings (SSSR count). The quantitative estimate of drug-likeness (QED) is 0.839. The standard InChI is InChI=1S/C12H16N2OS/c1-8(13)6-12(15)14-10-7-16-11-5-3-2-4-9(10)11/h2-5,8,10H,6-7,13H2,1H3,(H,14,15). The number of benzene rings is 1. The maximum atomic E-state index is 11.6. The van der Waals surface area contributed by atoms with Crippen molar-refractivity contribution in [1.29, 1.82) is 0 Å². The van der Waals surface area contributed by atoms with Crippen molar-refractivity contribution in [3.05, 3.63) is 29.8 Å². The van der Waals surface area contributed by atoms with Gasteiger partial charge < -0.3 is 11.1 Å². The SMILES string of the molecule is CC(N)CC(=O)NC1CSc2ccccc21. The van der Waals surface area contributed by atoms with E-state index in [4.69, 9.17) is 5.73 Å². The van der Waals surface area contributed by atoms with E-state index < -0.39 is 0 Å². The lowest BCUT2D eigenvalue weighted by Gasteiger charge is -2.14. The number of nitrogens with two attached hydrogens (primary N) is 1. The van der Waals surface area contributed by atoms with Gasteiger partial charge in [-0.05, 0) is 18.6 Å². The zero-order valence-electron chi connectivity index (χ0n) is 9.27. The first-order chi connectivity index (χ1) is 7.66. The van der Waals surface area contributed by atoms with Gasteiger partial charge in [0.15, 0.2) is 0 Å². The Bertz CT molecular complexity index is 392. The minimum atomic E-state index is -0.0794. The number of nitrogens with one attached hydrogen (secondary N) is 1. The van der Waals surface area contributed by atoms with Crippen molar-refractivity contribution in [2.45, 2.75) is 30.3 Å². The number of rotatable bonds is 3. The fourth-order valence-corrected chi connectivity index (χ4v) is 2.99. The molecule has 3 N–H and O–H groups in total. The Morgan fingerprint density at radius 3 is 3.12 bits per heavy atom. The molecule has 0 aliphatic carbocycles. The van der Waals surface area contributed by atoms with Gasteiger partial charge >= 0.3 is 0 Å². The van der Waals surface area contributed by atoms with Crippen molar-refractivity contribution in [2.24, 2.45) is 5.73 Å². The summed E-state index contributed by atoms with van der Waals surface area (Å²) in [6.07, 6.45) is 0.392. The Labute approximate surface area is 99.8 Å². The first kappa shape index (κ1) is 11.5. The van der Waals surface area contributed by atoms with E-state index in [9.17, 15) is 4.79 Å². The number of thioether (sulfide) groups is 1. The van der Waals surface area contributed by atoms with E-state index in [0.717, 1.165) is 5.75 Å². The summed E-state index contributed by atoms with van der Waals surface area (Å²) in [5, 5.41) is 3.03. The van der Waals surface area contributed by atoms with Crippen LogP contribution in [0.15, 0.2) is 29.2 Å². The Hall–Kier alpha value is -1.00. The van der Waals surface area contributed by atoms with Crippen LogP contribution in [0.25, 0.3) is 0 Å². The molecule has 1 amide bonds. The van der Waals surface area contributed by atoms with E-state index in [-0.39, 0.29) is 18.0 Å². The molecule has 2 unspecified atom stereocenters. The van der Waals surface area contributed by atoms with Gasteiger partial charge in [-0.2, -0.15) is 0 Å². The Morgan fingerprint density at radius 2 is 2.38 bits per heavy atom. The van der Waals surface area contributed by atoms with Crippen molar-refractivity contribution >= 4 is 17.7 Å². The molecular weight excluding hydrogens is 220 g/mol. The van der Waals surface area contributed by atoms with E-state index in [1.54, 1.807) is 11.8 Å². The fraction of sp³-hybridized carbons (Fsp3) is 0.417. The number of hydrogen-bond acceptors (Lipinski definition) is 3. The Kier molecular flexibility index (Phi) is 3.51. The predicted octanol–water partition coefficient (Wildman–Crippen LogP) is 1.69. The number of carbonyl (C=O) groups is 1. The number of hydrogen-bond donors (Lipinski definition) is 2. The molecule has 4 heteroatoms. The van der Waals surface area contributed by atoms with Gasteiger partial charge in [-0.15, -0.1) is 11.8 Å². The third-order valence-corrected chi connectivity index (χ3v) is 3.73. The molecule has 16 heavy (non-hydrogen) atoms. The molecule has 0 saturated heterocycles. The first-order valence-electron chi connectivity index (χ1n) is 5.43. The van der Waals surface area contributed by atoms with Crippen LogP contribution in [0.4, 0.5) is 0 Å². The number of fused-ring (bicyclic) bond motifs is 1. The molecule has 2 atom stereocenters. The second kappa shape index (κ2) is 4.89. The highest BCUT2D eigenvalue weighted by atomic mass is 32.2. The molecule has 1 aliphatic heterocycles. The van der Waals surface area contributed by atoms with Crippen LogP contribution in [0.1, 0.15) is 24.9 Å². The van der Waals surface area contributed by atoms with E-state index in [1.165, 1.54) is 10.5 Å². The molecule has 0 radical (unpaired) electrons. The summed E-state index contributed by atoms with van der Waals surface area (Å²) in [6.45, 7) is 1.84. The number of carbonyl (C=O) groups excluding carboxylic acids is 1. The summed E-state index contributed by atoms with van der Waals surface area (Å²) in [5.74, 6) is 0.960. The van der Waals surface area contributed by atoms with Crippen LogP contribution in [-0.4, -0.2) is 17.7 Å². The zero-order valence-corrected chi connectivity index (χ0v) is 10.1. The second-order valence-corrected chi connectivity index (χ2v) is 5.21. The Balaban J connectivity index is 2.00. The minimum Gasteiger partial charge on any atom is -0.348 e. The summed E-state index contributed by atoms with van der Waals surface area (Å²) >= 11 is 1.79. The van der Waals surface area contributed by atoms with Crippen molar-refractivity contribution in [1.82, 2.24) is 5.32 Å². The van der Waals surface area contributed by atoms with Crippen molar-refractivity contribution in [3.8, 4) is 0 Å². The van der Waals surface area contributed by atoms with Crippen molar-refractivity contribution in [3.63, 3.8) is 0 Å². The van der Waals surface area contributed by atoms with Crippen LogP contribution in [0, 0.1) is 0 Å². The van der Waals surface area contributed by atoms with Crippen LogP contribution >= 0.6 is 11.8 Å². The summed E-state index contributed by atoms with van der Waals surface area (Å²) in [6, 6.07) is 8.27. The molecule has 1 aliphatic rings. The molecule has 86 valence electrons. The maximum Gasteiger partial charge on any atom is 0.222 e. The fourth-order valence-electron chi connectivity index (χ4n) is 1.83. The second-order valence-electron chi connectivity index (χ2n) is 4.15. The van der Waals surface area contributed by atoms with Gasteiger partial charge in [0.05, 0.1) is 6.04 Å². The molecule has 1 aromatic carbocycles. The monoisotopic (exact) mass is 236 g/mol. The van der Waals surface area contributed by atoms with E-state index in [2.05, 4.69) is 17.4 Å². The highest BCUT2D eigenvalue weighted by Crippen LogP contribution is 2.37. The van der Waals surface area contributed by atoms with Gasteiger partial charge in [-0.25, -0.2) is 0 Å². The van der Waals surface area contributed by atoms with E-state index in [1.807, 2.05) is 19.1 Å². The Morgan fingerprint density at radius 1 is 1.62 bits per heavy atom. The van der Waals surface area contributed by atoms with Crippen LogP contribution in [0.5, 0.6) is 0 Å². The summed E-state index contributed by atoms with van der Waals surface area (Å²) in [4.78, 5) is 12.9. The van der Waals surface area contributed by atoms with E-state index in [0.29, 0.717) is 6.42 Å². The van der Waals surface area contributed by atoms with Crippen LogP contribution in [0.3, 0.4) is 0 Å². The molecule has 0 fully saturated rings. The topological polar surface area (TPSA) is 55.1 Å². The van der Waals surface area contributed by atoms with Gasteiger partial charge in [0.1, 0.15) is 0 Å². The molecular formula is C12H16N2OS. The van der Waals surface area contributed by atoms with Crippen LogP contribution in [-0.2, 0) is 4.79 Å². The zero-order chi connectivity index (χ0) is 11.5. The minimum absolute atomic E-state index is 0.0392. The molecule has 0 aromatic heterocycles. The van der Waals surface area contributed by atoms with Gasteiger partial charge in [-0.3, -0.25) is 4.79 Å². The smallest absolute Gasteiger partial charge is 0.222 e. The summed E-state index contributed by atoms with van der Waals surface area (Å²) in [7, 11) is 0. The lowest BCUT2D eigenvalue weighted by atomic mass is 10.1.